The zero-order valence-corrected chi connectivity index (χ0v) is 13.4. The van der Waals surface area contributed by atoms with Crippen LogP contribution in [-0.4, -0.2) is 31.3 Å². The van der Waals surface area contributed by atoms with Gasteiger partial charge in [-0.05, 0) is 42.2 Å². The lowest BCUT2D eigenvalue weighted by Crippen LogP contribution is -2.28. The minimum atomic E-state index is -0.308. The molecule has 0 radical (unpaired) electrons. The van der Waals surface area contributed by atoms with Crippen LogP contribution in [0, 0.1) is 6.92 Å². The highest BCUT2D eigenvalue weighted by Gasteiger charge is 2.26. The zero-order chi connectivity index (χ0) is 16.7. The van der Waals surface area contributed by atoms with Crippen molar-refractivity contribution in [2.45, 2.75) is 25.8 Å². The average molecular weight is 324 g/mol. The number of nitrogens with zero attached hydrogens (tertiary/aromatic N) is 5. The fourth-order valence-electron chi connectivity index (χ4n) is 3.03. The summed E-state index contributed by atoms with van der Waals surface area (Å²) >= 11 is 0. The van der Waals surface area contributed by atoms with Gasteiger partial charge in [0.25, 0.3) is 11.7 Å². The van der Waals surface area contributed by atoms with Gasteiger partial charge in [-0.15, -0.1) is 10.2 Å². The van der Waals surface area contributed by atoms with Crippen LogP contribution in [0.15, 0.2) is 28.8 Å². The van der Waals surface area contributed by atoms with Crippen molar-refractivity contribution in [2.75, 3.05) is 0 Å². The molecule has 1 unspecified atom stereocenters. The van der Waals surface area contributed by atoms with E-state index >= 15 is 0 Å². The molecule has 122 valence electrons. The standard InChI is InChI=1S/C16H16N6O2/c1-9-7-14(20-24-9)11-3-5-12-10(8-11)4-6-13(12)17-16(23)15-18-21-22(2)19-15/h3,5,7-8,13H,4,6H2,1-2H3,(H,17,23). The van der Waals surface area contributed by atoms with E-state index in [9.17, 15) is 4.79 Å². The number of nitrogens with one attached hydrogen (secondary N) is 1. The Morgan fingerprint density at radius 2 is 2.25 bits per heavy atom. The summed E-state index contributed by atoms with van der Waals surface area (Å²) in [5, 5.41) is 18.4. The third-order valence-corrected chi connectivity index (χ3v) is 4.16. The van der Waals surface area contributed by atoms with Crippen LogP contribution in [0.3, 0.4) is 0 Å². The van der Waals surface area contributed by atoms with Gasteiger partial charge in [-0.1, -0.05) is 17.3 Å². The van der Waals surface area contributed by atoms with Gasteiger partial charge < -0.3 is 9.84 Å². The van der Waals surface area contributed by atoms with E-state index in [0.717, 1.165) is 35.4 Å². The Morgan fingerprint density at radius 3 is 2.96 bits per heavy atom. The molecule has 0 bridgehead atoms. The van der Waals surface area contributed by atoms with Crippen molar-refractivity contribution in [3.63, 3.8) is 0 Å². The van der Waals surface area contributed by atoms with Gasteiger partial charge in [0, 0.05) is 11.6 Å². The van der Waals surface area contributed by atoms with E-state index in [1.54, 1.807) is 7.05 Å². The zero-order valence-electron chi connectivity index (χ0n) is 13.4. The quantitative estimate of drug-likeness (QED) is 0.785. The van der Waals surface area contributed by atoms with Crippen LogP contribution < -0.4 is 5.32 Å². The van der Waals surface area contributed by atoms with Gasteiger partial charge in [0.1, 0.15) is 11.5 Å². The molecule has 2 aromatic heterocycles. The number of aromatic nitrogens is 5. The summed E-state index contributed by atoms with van der Waals surface area (Å²) < 4.78 is 5.13. The molecule has 1 aliphatic carbocycles. The van der Waals surface area contributed by atoms with Gasteiger partial charge in [-0.25, -0.2) is 0 Å². The maximum Gasteiger partial charge on any atom is 0.293 e. The minimum Gasteiger partial charge on any atom is -0.361 e. The van der Waals surface area contributed by atoms with E-state index in [1.165, 1.54) is 10.4 Å². The first-order valence-corrected chi connectivity index (χ1v) is 7.71. The highest BCUT2D eigenvalue weighted by atomic mass is 16.5. The summed E-state index contributed by atoms with van der Waals surface area (Å²) in [6.07, 6.45) is 1.75. The van der Waals surface area contributed by atoms with Crippen LogP contribution in [0.2, 0.25) is 0 Å². The molecule has 0 aliphatic heterocycles. The molecule has 8 heteroatoms. The highest BCUT2D eigenvalue weighted by molar-refractivity contribution is 5.90. The maximum absolute atomic E-state index is 12.2. The first-order valence-electron chi connectivity index (χ1n) is 7.71. The molecule has 1 N–H and O–H groups in total. The Kier molecular flexibility index (Phi) is 3.37. The number of tetrazole rings is 1. The lowest BCUT2D eigenvalue weighted by molar-refractivity contribution is 0.0926. The van der Waals surface area contributed by atoms with E-state index in [0.29, 0.717) is 0 Å². The Morgan fingerprint density at radius 1 is 1.38 bits per heavy atom. The fourth-order valence-corrected chi connectivity index (χ4v) is 3.03. The molecule has 8 nitrogen and oxygen atoms in total. The number of hydrogen-bond donors (Lipinski definition) is 1. The van der Waals surface area contributed by atoms with E-state index < -0.39 is 0 Å². The molecule has 3 aromatic rings. The van der Waals surface area contributed by atoms with Crippen molar-refractivity contribution in [1.29, 1.82) is 0 Å². The largest absolute Gasteiger partial charge is 0.361 e. The number of carbonyl (C=O) groups is 1. The Balaban J connectivity index is 1.55. The molecule has 0 spiro atoms. The normalized spacial score (nSPS) is 16.2. The van der Waals surface area contributed by atoms with Crippen LogP contribution in [0.4, 0.5) is 0 Å². The lowest BCUT2D eigenvalue weighted by Gasteiger charge is -2.12. The lowest BCUT2D eigenvalue weighted by atomic mass is 10.0. The van der Waals surface area contributed by atoms with Crippen molar-refractivity contribution in [3.8, 4) is 11.3 Å². The van der Waals surface area contributed by atoms with Crippen LogP contribution >= 0.6 is 0 Å². The number of rotatable bonds is 3. The second-order valence-electron chi connectivity index (χ2n) is 5.90. The topological polar surface area (TPSA) is 98.7 Å². The third-order valence-electron chi connectivity index (χ3n) is 4.16. The SMILES string of the molecule is Cc1cc(-c2ccc3c(c2)CCC3NC(=O)c2nnn(C)n2)no1. The van der Waals surface area contributed by atoms with Crippen molar-refractivity contribution < 1.29 is 9.32 Å². The van der Waals surface area contributed by atoms with Crippen LogP contribution in [0.5, 0.6) is 0 Å². The monoisotopic (exact) mass is 324 g/mol. The van der Waals surface area contributed by atoms with Crippen LogP contribution in [0.25, 0.3) is 11.3 Å². The summed E-state index contributed by atoms with van der Waals surface area (Å²) in [6.45, 7) is 1.87. The average Bonchev–Trinajstić information content (AvgIpc) is 3.28. The molecule has 1 aromatic carbocycles. The molecule has 24 heavy (non-hydrogen) atoms. The second-order valence-corrected chi connectivity index (χ2v) is 5.90. The predicted octanol–water partition coefficient (Wildman–Crippen LogP) is 1.59. The minimum absolute atomic E-state index is 0.0376. The molecule has 0 saturated heterocycles. The Labute approximate surface area is 137 Å². The van der Waals surface area contributed by atoms with Gasteiger partial charge in [0.05, 0.1) is 13.1 Å². The van der Waals surface area contributed by atoms with E-state index in [4.69, 9.17) is 4.52 Å². The van der Waals surface area contributed by atoms with Crippen molar-refractivity contribution in [1.82, 2.24) is 30.7 Å². The Bertz CT molecular complexity index is 913. The summed E-state index contributed by atoms with van der Waals surface area (Å²) in [7, 11) is 1.63. The molecule has 1 amide bonds. The highest BCUT2D eigenvalue weighted by Crippen LogP contribution is 2.34. The summed E-state index contributed by atoms with van der Waals surface area (Å²) in [4.78, 5) is 13.5. The van der Waals surface area contributed by atoms with Gasteiger partial charge in [-0.2, -0.15) is 4.80 Å². The molecule has 1 aliphatic rings. The number of carbonyl (C=O) groups excluding carboxylic acids is 1. The smallest absolute Gasteiger partial charge is 0.293 e. The van der Waals surface area contributed by atoms with Crippen LogP contribution in [0.1, 0.15) is 40.0 Å². The number of amides is 1. The van der Waals surface area contributed by atoms with Crippen molar-refractivity contribution in [3.05, 3.63) is 47.0 Å². The second kappa shape index (κ2) is 5.55. The molecule has 2 heterocycles. The summed E-state index contributed by atoms with van der Waals surface area (Å²) in [5.74, 6) is 0.560. The predicted molar refractivity (Wildman–Crippen MR) is 84.0 cm³/mol. The third kappa shape index (κ3) is 2.55. The number of benzene rings is 1. The maximum atomic E-state index is 12.2. The van der Waals surface area contributed by atoms with E-state index in [1.807, 2.05) is 25.1 Å². The molecule has 0 saturated carbocycles. The number of aryl methyl sites for hydroxylation is 3. The first-order chi connectivity index (χ1) is 11.6. The van der Waals surface area contributed by atoms with Gasteiger partial charge in [-0.3, -0.25) is 4.79 Å². The summed E-state index contributed by atoms with van der Waals surface area (Å²) in [5.41, 5.74) is 4.18. The van der Waals surface area contributed by atoms with Gasteiger partial charge in [0.15, 0.2) is 0 Å². The van der Waals surface area contributed by atoms with Crippen molar-refractivity contribution in [2.24, 2.45) is 7.05 Å². The molecular formula is C16H16N6O2. The Hall–Kier alpha value is -3.03. The number of fused-ring (bicyclic) bond motifs is 1. The first kappa shape index (κ1) is 14.6. The fraction of sp³-hybridized carbons (Fsp3) is 0.312. The molecule has 0 fully saturated rings. The van der Waals surface area contributed by atoms with E-state index in [-0.39, 0.29) is 17.8 Å². The molecule has 1 atom stereocenters. The van der Waals surface area contributed by atoms with Gasteiger partial charge in [0.2, 0.25) is 0 Å². The van der Waals surface area contributed by atoms with Gasteiger partial charge >= 0.3 is 0 Å². The summed E-state index contributed by atoms with van der Waals surface area (Å²) in [6, 6.07) is 8.02. The number of hydrogen-bond acceptors (Lipinski definition) is 6. The van der Waals surface area contributed by atoms with E-state index in [2.05, 4.69) is 32.0 Å². The van der Waals surface area contributed by atoms with Crippen LogP contribution in [-0.2, 0) is 13.5 Å². The molecule has 4 rings (SSSR count). The van der Waals surface area contributed by atoms with Crippen molar-refractivity contribution >= 4 is 5.91 Å². The molecular weight excluding hydrogens is 308 g/mol.